The monoisotopic (exact) mass is 275 g/mol. The van der Waals surface area contributed by atoms with E-state index in [0.29, 0.717) is 5.69 Å². The molecule has 0 fully saturated rings. The van der Waals surface area contributed by atoms with Crippen LogP contribution < -0.4 is 0 Å². The van der Waals surface area contributed by atoms with Gasteiger partial charge in [0.05, 0.1) is 6.04 Å². The van der Waals surface area contributed by atoms with Gasteiger partial charge in [0.15, 0.2) is 5.69 Å². The third kappa shape index (κ3) is 2.39. The Hall–Kier alpha value is -3.00. The van der Waals surface area contributed by atoms with Gasteiger partial charge in [-0.1, -0.05) is 35.5 Å². The molecule has 5 heteroatoms. The zero-order chi connectivity index (χ0) is 14.7. The third-order valence-corrected chi connectivity index (χ3v) is 3.40. The first kappa shape index (κ1) is 13.0. The average molecular weight is 275 g/mol. The summed E-state index contributed by atoms with van der Waals surface area (Å²) in [6, 6.07) is 15.8. The summed E-state index contributed by atoms with van der Waals surface area (Å²) in [5.74, 6) is 0. The number of rotatable bonds is 3. The van der Waals surface area contributed by atoms with Crippen molar-refractivity contribution in [1.82, 2.24) is 20.0 Å². The number of pyridine rings is 1. The predicted molar refractivity (Wildman–Crippen MR) is 78.2 cm³/mol. The minimum atomic E-state index is -0.0102. The van der Waals surface area contributed by atoms with Gasteiger partial charge in [-0.15, -0.1) is 5.10 Å². The Bertz CT molecular complexity index is 771. The van der Waals surface area contributed by atoms with E-state index in [1.807, 2.05) is 49.4 Å². The Morgan fingerprint density at radius 2 is 1.81 bits per heavy atom. The fourth-order valence-electron chi connectivity index (χ4n) is 2.29. The van der Waals surface area contributed by atoms with Gasteiger partial charge >= 0.3 is 0 Å². The Balaban J connectivity index is 2.13. The fourth-order valence-corrected chi connectivity index (χ4v) is 2.29. The first-order valence-corrected chi connectivity index (χ1v) is 6.62. The molecular weight excluding hydrogens is 262 g/mol. The van der Waals surface area contributed by atoms with E-state index in [2.05, 4.69) is 21.4 Å². The highest BCUT2D eigenvalue weighted by molar-refractivity contribution is 5.64. The molecule has 0 radical (unpaired) electrons. The van der Waals surface area contributed by atoms with Gasteiger partial charge in [-0.05, 0) is 24.6 Å². The molecule has 1 aromatic carbocycles. The van der Waals surface area contributed by atoms with E-state index in [1.165, 1.54) is 0 Å². The van der Waals surface area contributed by atoms with Gasteiger partial charge in [0.1, 0.15) is 11.8 Å². The zero-order valence-corrected chi connectivity index (χ0v) is 11.5. The summed E-state index contributed by atoms with van der Waals surface area (Å²) in [6.07, 6.45) is 3.39. The van der Waals surface area contributed by atoms with Crippen LogP contribution in [0.1, 0.15) is 24.2 Å². The molecule has 21 heavy (non-hydrogen) atoms. The lowest BCUT2D eigenvalue weighted by Gasteiger charge is -2.15. The second kappa shape index (κ2) is 5.55. The summed E-state index contributed by atoms with van der Waals surface area (Å²) in [4.78, 5) is 4.01. The lowest BCUT2D eigenvalue weighted by Crippen LogP contribution is -2.10. The summed E-state index contributed by atoms with van der Waals surface area (Å²) >= 11 is 0. The molecule has 0 aliphatic heterocycles. The molecule has 1 atom stereocenters. The molecule has 102 valence electrons. The quantitative estimate of drug-likeness (QED) is 0.737. The van der Waals surface area contributed by atoms with E-state index in [4.69, 9.17) is 0 Å². The summed E-state index contributed by atoms with van der Waals surface area (Å²) in [7, 11) is 0. The predicted octanol–water partition coefficient (Wildman–Crippen LogP) is 2.82. The van der Waals surface area contributed by atoms with Crippen molar-refractivity contribution in [2.24, 2.45) is 0 Å². The number of nitrogens with zero attached hydrogens (tertiary/aromatic N) is 5. The SMILES string of the molecule is CC(c1ccccc1)n1nnc(C#N)c1-c1ccncc1. The van der Waals surface area contributed by atoms with E-state index in [0.717, 1.165) is 16.8 Å². The van der Waals surface area contributed by atoms with Gasteiger partial charge in [0, 0.05) is 18.0 Å². The molecule has 0 N–H and O–H groups in total. The van der Waals surface area contributed by atoms with E-state index in [-0.39, 0.29) is 6.04 Å². The number of benzene rings is 1. The Kier molecular flexibility index (Phi) is 3.44. The summed E-state index contributed by atoms with van der Waals surface area (Å²) < 4.78 is 1.78. The van der Waals surface area contributed by atoms with Crippen LogP contribution in [0.2, 0.25) is 0 Å². The molecule has 0 saturated heterocycles. The maximum Gasteiger partial charge on any atom is 0.190 e. The van der Waals surface area contributed by atoms with Crippen LogP contribution in [-0.4, -0.2) is 20.0 Å². The average Bonchev–Trinajstić information content (AvgIpc) is 2.99. The van der Waals surface area contributed by atoms with Gasteiger partial charge in [0.2, 0.25) is 0 Å². The van der Waals surface area contributed by atoms with Gasteiger partial charge in [0.25, 0.3) is 0 Å². The van der Waals surface area contributed by atoms with Crippen LogP contribution in [0.5, 0.6) is 0 Å². The van der Waals surface area contributed by atoms with Crippen molar-refractivity contribution in [1.29, 1.82) is 5.26 Å². The molecule has 0 bridgehead atoms. The van der Waals surface area contributed by atoms with Crippen LogP contribution in [-0.2, 0) is 0 Å². The maximum atomic E-state index is 9.26. The van der Waals surface area contributed by atoms with E-state index < -0.39 is 0 Å². The molecule has 2 heterocycles. The fraction of sp³-hybridized carbons (Fsp3) is 0.125. The van der Waals surface area contributed by atoms with Crippen molar-refractivity contribution in [3.05, 3.63) is 66.1 Å². The standard InChI is InChI=1S/C16H13N5/c1-12(13-5-3-2-4-6-13)21-16(15(11-17)19-20-21)14-7-9-18-10-8-14/h2-10,12H,1H3. The Labute approximate surface area is 122 Å². The lowest BCUT2D eigenvalue weighted by molar-refractivity contribution is 0.548. The molecule has 3 aromatic rings. The largest absolute Gasteiger partial charge is 0.265 e. The lowest BCUT2D eigenvalue weighted by atomic mass is 10.1. The molecule has 1 unspecified atom stereocenters. The van der Waals surface area contributed by atoms with Crippen LogP contribution in [0.25, 0.3) is 11.3 Å². The van der Waals surface area contributed by atoms with Crippen molar-refractivity contribution in [3.8, 4) is 17.3 Å². The Morgan fingerprint density at radius 3 is 2.48 bits per heavy atom. The first-order valence-electron chi connectivity index (χ1n) is 6.62. The molecule has 0 aliphatic carbocycles. The minimum Gasteiger partial charge on any atom is -0.265 e. The van der Waals surface area contributed by atoms with E-state index >= 15 is 0 Å². The number of nitriles is 1. The normalized spacial score (nSPS) is 11.8. The number of hydrogen-bond donors (Lipinski definition) is 0. The van der Waals surface area contributed by atoms with Gasteiger partial charge < -0.3 is 0 Å². The number of aromatic nitrogens is 4. The van der Waals surface area contributed by atoms with E-state index in [9.17, 15) is 5.26 Å². The van der Waals surface area contributed by atoms with Gasteiger partial charge in [-0.3, -0.25) is 4.98 Å². The maximum absolute atomic E-state index is 9.26. The van der Waals surface area contributed by atoms with Crippen LogP contribution in [0.4, 0.5) is 0 Å². The molecule has 5 nitrogen and oxygen atoms in total. The van der Waals surface area contributed by atoms with Crippen molar-refractivity contribution >= 4 is 0 Å². The van der Waals surface area contributed by atoms with Crippen LogP contribution in [0.3, 0.4) is 0 Å². The Morgan fingerprint density at radius 1 is 1.10 bits per heavy atom. The molecule has 0 amide bonds. The van der Waals surface area contributed by atoms with Crippen molar-refractivity contribution in [3.63, 3.8) is 0 Å². The first-order chi connectivity index (χ1) is 10.3. The summed E-state index contributed by atoms with van der Waals surface area (Å²) in [6.45, 7) is 2.04. The van der Waals surface area contributed by atoms with E-state index in [1.54, 1.807) is 17.1 Å². The van der Waals surface area contributed by atoms with Crippen molar-refractivity contribution in [2.75, 3.05) is 0 Å². The second-order valence-electron chi connectivity index (χ2n) is 4.67. The van der Waals surface area contributed by atoms with Crippen molar-refractivity contribution < 1.29 is 0 Å². The molecule has 2 aromatic heterocycles. The van der Waals surface area contributed by atoms with Crippen LogP contribution in [0.15, 0.2) is 54.9 Å². The van der Waals surface area contributed by atoms with Crippen LogP contribution in [0, 0.1) is 11.3 Å². The highest BCUT2D eigenvalue weighted by Gasteiger charge is 2.19. The highest BCUT2D eigenvalue weighted by atomic mass is 15.4. The molecule has 0 spiro atoms. The van der Waals surface area contributed by atoms with Gasteiger partial charge in [-0.2, -0.15) is 5.26 Å². The number of hydrogen-bond acceptors (Lipinski definition) is 4. The summed E-state index contributed by atoms with van der Waals surface area (Å²) in [5, 5.41) is 17.4. The zero-order valence-electron chi connectivity index (χ0n) is 11.5. The smallest absolute Gasteiger partial charge is 0.190 e. The molecule has 0 aliphatic rings. The minimum absolute atomic E-state index is 0.0102. The summed E-state index contributed by atoms with van der Waals surface area (Å²) in [5.41, 5.74) is 3.04. The third-order valence-electron chi connectivity index (χ3n) is 3.40. The second-order valence-corrected chi connectivity index (χ2v) is 4.67. The van der Waals surface area contributed by atoms with Crippen molar-refractivity contribution in [2.45, 2.75) is 13.0 Å². The molecule has 0 saturated carbocycles. The molecular formula is C16H13N5. The van der Waals surface area contributed by atoms with Gasteiger partial charge in [-0.25, -0.2) is 4.68 Å². The topological polar surface area (TPSA) is 67.4 Å². The van der Waals surface area contributed by atoms with Crippen LogP contribution >= 0.6 is 0 Å². The molecule has 3 rings (SSSR count). The highest BCUT2D eigenvalue weighted by Crippen LogP contribution is 2.27.